The normalized spacial score (nSPS) is 20.9. The number of carbonyl (C=O) groups excluding carboxylic acids is 1. The van der Waals surface area contributed by atoms with Crippen LogP contribution in [0.5, 0.6) is 0 Å². The van der Waals surface area contributed by atoms with Crippen LogP contribution >= 0.6 is 0 Å². The third kappa shape index (κ3) is 5.21. The Morgan fingerprint density at radius 3 is 2.48 bits per heavy atom. The first kappa shape index (κ1) is 20.1. The van der Waals surface area contributed by atoms with Gasteiger partial charge in [0.2, 0.25) is 5.91 Å². The number of hydrogen-bond acceptors (Lipinski definition) is 2. The Balaban J connectivity index is 1.78. The Kier molecular flexibility index (Phi) is 6.08. The van der Waals surface area contributed by atoms with Crippen LogP contribution < -0.4 is 5.32 Å². The molecule has 1 aromatic carbocycles. The summed E-state index contributed by atoms with van der Waals surface area (Å²) in [6.45, 7) is 1.92. The predicted molar refractivity (Wildman–Crippen MR) is 95.9 cm³/mol. The van der Waals surface area contributed by atoms with Gasteiger partial charge < -0.3 is 5.32 Å². The number of piperidine rings is 1. The molecule has 1 saturated carbocycles. The first-order chi connectivity index (χ1) is 12.8. The van der Waals surface area contributed by atoms with E-state index < -0.39 is 29.9 Å². The molecule has 150 valence electrons. The van der Waals surface area contributed by atoms with Crippen molar-refractivity contribution >= 4 is 11.6 Å². The quantitative estimate of drug-likeness (QED) is 0.715. The summed E-state index contributed by atoms with van der Waals surface area (Å²) in [5.74, 6) is -2.65. The Morgan fingerprint density at radius 2 is 1.89 bits per heavy atom. The summed E-state index contributed by atoms with van der Waals surface area (Å²) >= 11 is 0. The molecule has 3 rings (SSSR count). The second-order valence-electron chi connectivity index (χ2n) is 7.82. The monoisotopic (exact) mass is 386 g/mol. The molecule has 7 heteroatoms. The second kappa shape index (κ2) is 8.17. The molecule has 2 unspecified atom stereocenters. The van der Waals surface area contributed by atoms with Crippen LogP contribution in [-0.4, -0.2) is 36.1 Å². The number of rotatable bonds is 6. The lowest BCUT2D eigenvalue weighted by Crippen LogP contribution is -2.53. The largest absolute Gasteiger partial charge is 0.393 e. The van der Waals surface area contributed by atoms with Crippen LogP contribution in [-0.2, 0) is 11.2 Å². The maximum Gasteiger partial charge on any atom is 0.393 e. The molecule has 1 aliphatic heterocycles. The van der Waals surface area contributed by atoms with E-state index in [1.807, 2.05) is 0 Å². The molecular weight excluding hydrogens is 360 g/mol. The molecule has 1 N–H and O–H groups in total. The van der Waals surface area contributed by atoms with Gasteiger partial charge in [0.15, 0.2) is 0 Å². The van der Waals surface area contributed by atoms with Gasteiger partial charge in [0.1, 0.15) is 11.9 Å². The van der Waals surface area contributed by atoms with Gasteiger partial charge in [0.05, 0.1) is 11.6 Å². The topological polar surface area (TPSA) is 32.3 Å². The molecule has 2 aliphatic rings. The zero-order chi connectivity index (χ0) is 19.6. The highest BCUT2D eigenvalue weighted by molar-refractivity contribution is 5.95. The van der Waals surface area contributed by atoms with E-state index in [2.05, 4.69) is 5.32 Å². The van der Waals surface area contributed by atoms with Crippen molar-refractivity contribution in [1.29, 1.82) is 0 Å². The number of benzene rings is 1. The van der Waals surface area contributed by atoms with E-state index in [9.17, 15) is 22.4 Å². The summed E-state index contributed by atoms with van der Waals surface area (Å²) in [5, 5.41) is 2.44. The SMILES string of the molecule is CC(C(C(=O)Nc1cc(CC2CC2)ccc1F)N1CCCCC1)C(F)(F)F. The maximum atomic E-state index is 14.2. The number of carbonyl (C=O) groups is 1. The Bertz CT molecular complexity index is 666. The second-order valence-corrected chi connectivity index (χ2v) is 7.82. The minimum atomic E-state index is -4.49. The van der Waals surface area contributed by atoms with Gasteiger partial charge in [0, 0.05) is 0 Å². The number of alkyl halides is 3. The Hall–Kier alpha value is -1.63. The summed E-state index contributed by atoms with van der Waals surface area (Å²) < 4.78 is 54.3. The molecule has 2 fully saturated rings. The fourth-order valence-corrected chi connectivity index (χ4v) is 3.74. The molecule has 3 nitrogen and oxygen atoms in total. The van der Waals surface area contributed by atoms with Crippen molar-refractivity contribution in [2.24, 2.45) is 11.8 Å². The first-order valence-corrected chi connectivity index (χ1v) is 9.66. The van der Waals surface area contributed by atoms with E-state index in [4.69, 9.17) is 0 Å². The van der Waals surface area contributed by atoms with Crippen molar-refractivity contribution in [3.8, 4) is 0 Å². The lowest BCUT2D eigenvalue weighted by molar-refractivity contribution is -0.189. The molecule has 0 spiro atoms. The number of nitrogens with zero attached hydrogens (tertiary/aromatic N) is 1. The molecule has 0 radical (unpaired) electrons. The zero-order valence-corrected chi connectivity index (χ0v) is 15.5. The highest BCUT2D eigenvalue weighted by Gasteiger charge is 2.47. The van der Waals surface area contributed by atoms with Crippen LogP contribution in [0.25, 0.3) is 0 Å². The van der Waals surface area contributed by atoms with Crippen molar-refractivity contribution in [3.63, 3.8) is 0 Å². The number of amides is 1. The Labute approximate surface area is 157 Å². The van der Waals surface area contributed by atoms with Crippen molar-refractivity contribution in [2.75, 3.05) is 18.4 Å². The molecular formula is C20H26F4N2O. The molecule has 1 saturated heterocycles. The molecule has 1 aromatic rings. The van der Waals surface area contributed by atoms with Crippen molar-refractivity contribution in [2.45, 2.75) is 57.7 Å². The number of halogens is 4. The van der Waals surface area contributed by atoms with Crippen LogP contribution in [0, 0.1) is 17.7 Å². The van der Waals surface area contributed by atoms with Gasteiger partial charge in [-0.2, -0.15) is 13.2 Å². The average molecular weight is 386 g/mol. The summed E-state index contributed by atoms with van der Waals surface area (Å²) in [6, 6.07) is 3.15. The van der Waals surface area contributed by atoms with E-state index in [0.29, 0.717) is 19.0 Å². The Morgan fingerprint density at radius 1 is 1.22 bits per heavy atom. The third-order valence-corrected chi connectivity index (χ3v) is 5.55. The highest BCUT2D eigenvalue weighted by atomic mass is 19.4. The standard InChI is InChI=1S/C20H26F4N2O/c1-13(20(22,23)24)18(26-9-3-2-4-10-26)19(27)25-17-12-15(7-8-16(17)21)11-14-5-6-14/h7-8,12-14,18H,2-6,9-11H2,1H3,(H,25,27). The van der Waals surface area contributed by atoms with Gasteiger partial charge in [0.25, 0.3) is 0 Å². The van der Waals surface area contributed by atoms with Gasteiger partial charge in [-0.25, -0.2) is 4.39 Å². The lowest BCUT2D eigenvalue weighted by Gasteiger charge is -2.37. The van der Waals surface area contributed by atoms with Crippen LogP contribution in [0.15, 0.2) is 18.2 Å². The minimum absolute atomic E-state index is 0.0328. The number of nitrogens with one attached hydrogen (secondary N) is 1. The minimum Gasteiger partial charge on any atom is -0.322 e. The predicted octanol–water partition coefficient (Wildman–Crippen LogP) is 4.77. The van der Waals surface area contributed by atoms with Crippen LogP contribution in [0.4, 0.5) is 23.2 Å². The third-order valence-electron chi connectivity index (χ3n) is 5.55. The number of hydrogen-bond donors (Lipinski definition) is 1. The van der Waals surface area contributed by atoms with Crippen molar-refractivity contribution in [1.82, 2.24) is 4.90 Å². The molecule has 0 aromatic heterocycles. The summed E-state index contributed by atoms with van der Waals surface area (Å²) in [6.07, 6.45) is 1.06. The van der Waals surface area contributed by atoms with Gasteiger partial charge in [-0.15, -0.1) is 0 Å². The van der Waals surface area contributed by atoms with Gasteiger partial charge in [-0.3, -0.25) is 9.69 Å². The van der Waals surface area contributed by atoms with Crippen molar-refractivity contribution < 1.29 is 22.4 Å². The summed E-state index contributed by atoms with van der Waals surface area (Å²) in [5.41, 5.74) is 0.863. The molecule has 2 atom stereocenters. The molecule has 1 amide bonds. The van der Waals surface area contributed by atoms with E-state index >= 15 is 0 Å². The van der Waals surface area contributed by atoms with E-state index in [-0.39, 0.29) is 5.69 Å². The van der Waals surface area contributed by atoms with E-state index in [0.717, 1.165) is 51.0 Å². The summed E-state index contributed by atoms with van der Waals surface area (Å²) in [4.78, 5) is 14.4. The molecule has 1 heterocycles. The molecule has 1 aliphatic carbocycles. The summed E-state index contributed by atoms with van der Waals surface area (Å²) in [7, 11) is 0. The molecule has 0 bridgehead atoms. The average Bonchev–Trinajstić information content (AvgIpc) is 3.42. The smallest absolute Gasteiger partial charge is 0.322 e. The number of likely N-dealkylation sites (tertiary alicyclic amines) is 1. The fourth-order valence-electron chi connectivity index (χ4n) is 3.74. The molecule has 27 heavy (non-hydrogen) atoms. The van der Waals surface area contributed by atoms with Gasteiger partial charge >= 0.3 is 6.18 Å². The fraction of sp³-hybridized carbons (Fsp3) is 0.650. The maximum absolute atomic E-state index is 14.2. The highest BCUT2D eigenvalue weighted by Crippen LogP contribution is 2.34. The number of anilines is 1. The van der Waals surface area contributed by atoms with Crippen LogP contribution in [0.1, 0.15) is 44.6 Å². The lowest BCUT2D eigenvalue weighted by atomic mass is 9.96. The van der Waals surface area contributed by atoms with E-state index in [1.54, 1.807) is 17.0 Å². The van der Waals surface area contributed by atoms with Gasteiger partial charge in [-0.1, -0.05) is 19.4 Å². The van der Waals surface area contributed by atoms with Crippen LogP contribution in [0.2, 0.25) is 0 Å². The van der Waals surface area contributed by atoms with Crippen molar-refractivity contribution in [3.05, 3.63) is 29.6 Å². The first-order valence-electron chi connectivity index (χ1n) is 9.66. The zero-order valence-electron chi connectivity index (χ0n) is 15.5. The van der Waals surface area contributed by atoms with E-state index in [1.165, 1.54) is 6.07 Å². The van der Waals surface area contributed by atoms with Gasteiger partial charge in [-0.05, 0) is 68.8 Å². The van der Waals surface area contributed by atoms with Crippen LogP contribution in [0.3, 0.4) is 0 Å².